The fraction of sp³-hybridized carbons (Fsp3) is 1.00. The predicted octanol–water partition coefficient (Wildman–Crippen LogP) is 1.81. The van der Waals surface area contributed by atoms with Gasteiger partial charge in [-0.3, -0.25) is 0 Å². The Bertz CT molecular complexity index is 177. The summed E-state index contributed by atoms with van der Waals surface area (Å²) in [6.45, 7) is 10.9. The fourth-order valence-electron chi connectivity index (χ4n) is 1.97. The van der Waals surface area contributed by atoms with Gasteiger partial charge < -0.3 is 10.2 Å². The van der Waals surface area contributed by atoms with Crippen molar-refractivity contribution < 1.29 is 4.39 Å². The number of nitrogens with one attached hydrogen (secondary N) is 1. The van der Waals surface area contributed by atoms with Gasteiger partial charge in [-0.15, -0.1) is 0 Å². The van der Waals surface area contributed by atoms with Crippen LogP contribution >= 0.6 is 0 Å². The monoisotopic (exact) mass is 202 g/mol. The average Bonchev–Trinajstić information content (AvgIpc) is 2.06. The van der Waals surface area contributed by atoms with Crippen LogP contribution in [0.3, 0.4) is 0 Å². The van der Waals surface area contributed by atoms with Gasteiger partial charge in [-0.05, 0) is 40.3 Å². The maximum Gasteiger partial charge on any atom is 0.128 e. The minimum absolute atomic E-state index is 0.0173. The molecule has 0 aromatic carbocycles. The summed E-state index contributed by atoms with van der Waals surface area (Å²) < 4.78 is 13.7. The Kier molecular flexibility index (Phi) is 3.90. The standard InChI is InChI=1S/C11H23FN2/c1-5-14-7-6-10(9(12)8-14)13-11(2,3)4/h9-10,13H,5-8H2,1-4H3. The molecule has 1 fully saturated rings. The molecule has 0 aromatic heterocycles. The molecule has 14 heavy (non-hydrogen) atoms. The summed E-state index contributed by atoms with van der Waals surface area (Å²) in [5, 5.41) is 3.35. The van der Waals surface area contributed by atoms with E-state index < -0.39 is 6.17 Å². The Morgan fingerprint density at radius 3 is 2.50 bits per heavy atom. The normalized spacial score (nSPS) is 30.6. The summed E-state index contributed by atoms with van der Waals surface area (Å²) in [4.78, 5) is 2.17. The highest BCUT2D eigenvalue weighted by Gasteiger charge is 2.30. The first-order chi connectivity index (χ1) is 6.42. The van der Waals surface area contributed by atoms with E-state index in [1.54, 1.807) is 0 Å². The second-order valence-electron chi connectivity index (χ2n) is 5.20. The molecule has 1 rings (SSSR count). The highest BCUT2D eigenvalue weighted by atomic mass is 19.1. The van der Waals surface area contributed by atoms with Crippen molar-refractivity contribution in [1.82, 2.24) is 10.2 Å². The van der Waals surface area contributed by atoms with Crippen LogP contribution in [0.15, 0.2) is 0 Å². The van der Waals surface area contributed by atoms with E-state index in [0.717, 1.165) is 19.5 Å². The van der Waals surface area contributed by atoms with Crippen LogP contribution in [0.5, 0.6) is 0 Å². The Morgan fingerprint density at radius 2 is 2.07 bits per heavy atom. The van der Waals surface area contributed by atoms with Crippen molar-refractivity contribution in [2.24, 2.45) is 0 Å². The topological polar surface area (TPSA) is 15.3 Å². The van der Waals surface area contributed by atoms with Crippen molar-refractivity contribution in [3.8, 4) is 0 Å². The number of hydrogen-bond acceptors (Lipinski definition) is 2. The van der Waals surface area contributed by atoms with Gasteiger partial charge in [-0.2, -0.15) is 0 Å². The Balaban J connectivity index is 2.42. The third-order valence-corrected chi connectivity index (χ3v) is 2.69. The van der Waals surface area contributed by atoms with Crippen molar-refractivity contribution in [2.75, 3.05) is 19.6 Å². The van der Waals surface area contributed by atoms with E-state index in [1.165, 1.54) is 0 Å². The summed E-state index contributed by atoms with van der Waals surface area (Å²) >= 11 is 0. The lowest BCUT2D eigenvalue weighted by molar-refractivity contribution is 0.0948. The van der Waals surface area contributed by atoms with E-state index in [0.29, 0.717) is 6.54 Å². The molecule has 2 atom stereocenters. The minimum Gasteiger partial charge on any atom is -0.306 e. The maximum absolute atomic E-state index is 13.7. The zero-order valence-electron chi connectivity index (χ0n) is 9.81. The van der Waals surface area contributed by atoms with Crippen molar-refractivity contribution in [1.29, 1.82) is 0 Å². The number of hydrogen-bond donors (Lipinski definition) is 1. The molecule has 2 nitrogen and oxygen atoms in total. The summed E-state index contributed by atoms with van der Waals surface area (Å²) in [5.41, 5.74) is 0.0173. The molecule has 0 bridgehead atoms. The van der Waals surface area contributed by atoms with Crippen LogP contribution in [0.4, 0.5) is 4.39 Å². The first-order valence-corrected chi connectivity index (χ1v) is 5.56. The van der Waals surface area contributed by atoms with Crippen LogP contribution in [-0.2, 0) is 0 Å². The summed E-state index contributed by atoms with van der Waals surface area (Å²) in [5.74, 6) is 0. The molecule has 2 unspecified atom stereocenters. The van der Waals surface area contributed by atoms with Crippen molar-refractivity contribution >= 4 is 0 Å². The van der Waals surface area contributed by atoms with Crippen molar-refractivity contribution in [2.45, 2.75) is 51.9 Å². The molecule has 0 spiro atoms. The van der Waals surface area contributed by atoms with E-state index in [-0.39, 0.29) is 11.6 Å². The van der Waals surface area contributed by atoms with Crippen LogP contribution in [-0.4, -0.2) is 42.3 Å². The van der Waals surface area contributed by atoms with Gasteiger partial charge in [0, 0.05) is 18.1 Å². The molecule has 0 amide bonds. The van der Waals surface area contributed by atoms with Gasteiger partial charge in [-0.1, -0.05) is 6.92 Å². The highest BCUT2D eigenvalue weighted by molar-refractivity contribution is 4.88. The SMILES string of the molecule is CCN1CCC(NC(C)(C)C)C(F)C1. The Labute approximate surface area is 86.9 Å². The molecule has 1 aliphatic rings. The Morgan fingerprint density at radius 1 is 1.43 bits per heavy atom. The summed E-state index contributed by atoms with van der Waals surface area (Å²) in [6, 6.07) is 0.0396. The first kappa shape index (κ1) is 11.9. The molecule has 3 heteroatoms. The molecule has 0 aromatic rings. The number of piperidine rings is 1. The van der Waals surface area contributed by atoms with Gasteiger partial charge in [0.15, 0.2) is 0 Å². The molecule has 1 heterocycles. The molecule has 0 aliphatic carbocycles. The number of rotatable bonds is 2. The number of nitrogens with zero attached hydrogens (tertiary/aromatic N) is 1. The first-order valence-electron chi connectivity index (χ1n) is 5.56. The van der Waals surface area contributed by atoms with Gasteiger partial charge in [-0.25, -0.2) is 4.39 Å². The molecule has 0 radical (unpaired) electrons. The second kappa shape index (κ2) is 4.58. The van der Waals surface area contributed by atoms with Gasteiger partial charge >= 0.3 is 0 Å². The van der Waals surface area contributed by atoms with Crippen LogP contribution in [0.25, 0.3) is 0 Å². The van der Waals surface area contributed by atoms with Crippen LogP contribution < -0.4 is 5.32 Å². The van der Waals surface area contributed by atoms with E-state index in [4.69, 9.17) is 0 Å². The molecular formula is C11H23FN2. The smallest absolute Gasteiger partial charge is 0.128 e. The minimum atomic E-state index is -0.720. The molecule has 84 valence electrons. The molecule has 0 saturated carbocycles. The zero-order valence-corrected chi connectivity index (χ0v) is 9.81. The van der Waals surface area contributed by atoms with Crippen LogP contribution in [0.1, 0.15) is 34.1 Å². The molecule has 1 aliphatic heterocycles. The number of halogens is 1. The molecular weight excluding hydrogens is 179 g/mol. The van der Waals surface area contributed by atoms with E-state index in [9.17, 15) is 4.39 Å². The molecule has 1 N–H and O–H groups in total. The lowest BCUT2D eigenvalue weighted by Crippen LogP contribution is -2.55. The number of alkyl halides is 1. The van der Waals surface area contributed by atoms with E-state index in [2.05, 4.69) is 37.9 Å². The third kappa shape index (κ3) is 3.54. The quantitative estimate of drug-likeness (QED) is 0.734. The largest absolute Gasteiger partial charge is 0.306 e. The maximum atomic E-state index is 13.7. The lowest BCUT2D eigenvalue weighted by Gasteiger charge is -2.38. The molecule has 1 saturated heterocycles. The zero-order chi connectivity index (χ0) is 10.8. The summed E-state index contributed by atoms with van der Waals surface area (Å²) in [6.07, 6.45) is 0.203. The summed E-state index contributed by atoms with van der Waals surface area (Å²) in [7, 11) is 0. The van der Waals surface area contributed by atoms with Gasteiger partial charge in [0.05, 0.1) is 0 Å². The third-order valence-electron chi connectivity index (χ3n) is 2.69. The van der Waals surface area contributed by atoms with Gasteiger partial charge in [0.1, 0.15) is 6.17 Å². The Hall–Kier alpha value is -0.150. The highest BCUT2D eigenvalue weighted by Crippen LogP contribution is 2.16. The lowest BCUT2D eigenvalue weighted by atomic mass is 9.98. The van der Waals surface area contributed by atoms with Gasteiger partial charge in [0.25, 0.3) is 0 Å². The average molecular weight is 202 g/mol. The van der Waals surface area contributed by atoms with Crippen LogP contribution in [0.2, 0.25) is 0 Å². The number of likely N-dealkylation sites (tertiary alicyclic amines) is 1. The van der Waals surface area contributed by atoms with E-state index >= 15 is 0 Å². The van der Waals surface area contributed by atoms with Crippen molar-refractivity contribution in [3.05, 3.63) is 0 Å². The fourth-order valence-corrected chi connectivity index (χ4v) is 1.97. The van der Waals surface area contributed by atoms with E-state index in [1.807, 2.05) is 0 Å². The predicted molar refractivity (Wildman–Crippen MR) is 58.3 cm³/mol. The second-order valence-corrected chi connectivity index (χ2v) is 5.20. The van der Waals surface area contributed by atoms with Crippen molar-refractivity contribution in [3.63, 3.8) is 0 Å². The van der Waals surface area contributed by atoms with Gasteiger partial charge in [0.2, 0.25) is 0 Å². The van der Waals surface area contributed by atoms with Crippen LogP contribution in [0, 0.1) is 0 Å².